The monoisotopic (exact) mass is 228 g/mol. The zero-order valence-corrected chi connectivity index (χ0v) is 9.84. The maximum Gasteiger partial charge on any atom is 0.305 e. The number of aromatic nitrogens is 1. The van der Waals surface area contributed by atoms with Crippen LogP contribution in [-0.4, -0.2) is 24.6 Å². The highest BCUT2D eigenvalue weighted by atomic mass is 32.1. The minimum atomic E-state index is -0.154. The van der Waals surface area contributed by atoms with Gasteiger partial charge in [-0.2, -0.15) is 0 Å². The van der Waals surface area contributed by atoms with Crippen LogP contribution in [0.2, 0.25) is 0 Å². The van der Waals surface area contributed by atoms with Crippen LogP contribution in [0.15, 0.2) is 11.6 Å². The Morgan fingerprint density at radius 3 is 3.13 bits per heavy atom. The third-order valence-corrected chi connectivity index (χ3v) is 3.02. The Kier molecular flexibility index (Phi) is 5.28. The average Bonchev–Trinajstić information content (AvgIpc) is 2.77. The van der Waals surface area contributed by atoms with Gasteiger partial charge in [-0.3, -0.25) is 4.79 Å². The molecular weight excluding hydrogens is 212 g/mol. The minimum absolute atomic E-state index is 0.154. The molecule has 4 nitrogen and oxygen atoms in total. The average molecular weight is 228 g/mol. The number of nitrogens with zero attached hydrogens (tertiary/aromatic N) is 1. The van der Waals surface area contributed by atoms with Gasteiger partial charge in [-0.15, -0.1) is 11.3 Å². The number of ether oxygens (including phenoxy) is 1. The molecule has 0 aliphatic carbocycles. The number of rotatable bonds is 6. The van der Waals surface area contributed by atoms with Gasteiger partial charge in [0.25, 0.3) is 0 Å². The van der Waals surface area contributed by atoms with E-state index in [0.717, 1.165) is 18.0 Å². The lowest BCUT2D eigenvalue weighted by Crippen LogP contribution is -2.20. The van der Waals surface area contributed by atoms with Gasteiger partial charge in [-0.25, -0.2) is 4.98 Å². The molecule has 0 saturated heterocycles. The normalized spacial score (nSPS) is 12.4. The number of hydrogen-bond acceptors (Lipinski definition) is 5. The molecule has 0 bridgehead atoms. The molecule has 1 aromatic rings. The summed E-state index contributed by atoms with van der Waals surface area (Å²) in [5, 5.41) is 6.34. The quantitative estimate of drug-likeness (QED) is 0.595. The zero-order chi connectivity index (χ0) is 11.1. The van der Waals surface area contributed by atoms with Crippen LogP contribution in [0.4, 0.5) is 0 Å². The molecular formula is C10H16N2O2S. The van der Waals surface area contributed by atoms with E-state index in [2.05, 4.69) is 22.0 Å². The standard InChI is InChI=1S/C10H16N2O2S/c1-8(10-12-6-7-15-10)11-5-3-4-9(13)14-2/h6-8,11H,3-5H2,1-2H3/t8-/m0/s1. The van der Waals surface area contributed by atoms with Gasteiger partial charge in [0.1, 0.15) is 5.01 Å². The molecule has 0 aromatic carbocycles. The highest BCUT2D eigenvalue weighted by molar-refractivity contribution is 7.09. The van der Waals surface area contributed by atoms with Gasteiger partial charge in [0, 0.05) is 18.0 Å². The van der Waals surface area contributed by atoms with Gasteiger partial charge in [-0.1, -0.05) is 0 Å². The number of carbonyl (C=O) groups is 1. The molecule has 1 rings (SSSR count). The van der Waals surface area contributed by atoms with Crippen LogP contribution in [0.3, 0.4) is 0 Å². The second kappa shape index (κ2) is 6.53. The lowest BCUT2D eigenvalue weighted by molar-refractivity contribution is -0.140. The van der Waals surface area contributed by atoms with Gasteiger partial charge >= 0.3 is 5.97 Å². The fraction of sp³-hybridized carbons (Fsp3) is 0.600. The largest absolute Gasteiger partial charge is 0.469 e. The molecule has 0 aliphatic heterocycles. The molecule has 0 fully saturated rings. The Labute approximate surface area is 93.7 Å². The van der Waals surface area contributed by atoms with E-state index < -0.39 is 0 Å². The molecule has 0 spiro atoms. The molecule has 0 saturated carbocycles. The highest BCUT2D eigenvalue weighted by Gasteiger charge is 2.06. The van der Waals surface area contributed by atoms with Crippen LogP contribution in [0.5, 0.6) is 0 Å². The van der Waals surface area contributed by atoms with Gasteiger partial charge in [0.15, 0.2) is 0 Å². The molecule has 0 unspecified atom stereocenters. The van der Waals surface area contributed by atoms with Gasteiger partial charge < -0.3 is 10.1 Å². The number of thiazole rings is 1. The van der Waals surface area contributed by atoms with Crippen LogP contribution in [0.1, 0.15) is 30.8 Å². The maximum absolute atomic E-state index is 10.8. The van der Waals surface area contributed by atoms with Crippen molar-refractivity contribution in [2.75, 3.05) is 13.7 Å². The lowest BCUT2D eigenvalue weighted by Gasteiger charge is -2.10. The third kappa shape index (κ3) is 4.40. The number of hydrogen-bond donors (Lipinski definition) is 1. The zero-order valence-electron chi connectivity index (χ0n) is 9.03. The van der Waals surface area contributed by atoms with Gasteiger partial charge in [-0.05, 0) is 19.9 Å². The second-order valence-corrected chi connectivity index (χ2v) is 4.15. The van der Waals surface area contributed by atoms with Crippen molar-refractivity contribution < 1.29 is 9.53 Å². The van der Waals surface area contributed by atoms with Crippen molar-refractivity contribution in [1.29, 1.82) is 0 Å². The van der Waals surface area contributed by atoms with E-state index in [4.69, 9.17) is 0 Å². The second-order valence-electron chi connectivity index (χ2n) is 3.23. The van der Waals surface area contributed by atoms with Crippen molar-refractivity contribution in [3.8, 4) is 0 Å². The third-order valence-electron chi connectivity index (χ3n) is 2.06. The Hall–Kier alpha value is -0.940. The lowest BCUT2D eigenvalue weighted by atomic mass is 10.3. The summed E-state index contributed by atoms with van der Waals surface area (Å²) < 4.78 is 4.55. The Morgan fingerprint density at radius 2 is 2.53 bits per heavy atom. The van der Waals surface area contributed by atoms with E-state index in [1.807, 2.05) is 5.38 Å². The molecule has 5 heteroatoms. The smallest absolute Gasteiger partial charge is 0.305 e. The summed E-state index contributed by atoms with van der Waals surface area (Å²) in [5.41, 5.74) is 0. The molecule has 1 aromatic heterocycles. The molecule has 1 N–H and O–H groups in total. The number of nitrogens with one attached hydrogen (secondary N) is 1. The van der Waals surface area contributed by atoms with Crippen LogP contribution in [-0.2, 0) is 9.53 Å². The first-order chi connectivity index (χ1) is 7.24. The topological polar surface area (TPSA) is 51.2 Å². The Morgan fingerprint density at radius 1 is 1.73 bits per heavy atom. The molecule has 0 radical (unpaired) electrons. The van der Waals surface area contributed by atoms with Crippen LogP contribution in [0.25, 0.3) is 0 Å². The molecule has 84 valence electrons. The summed E-state index contributed by atoms with van der Waals surface area (Å²) in [6, 6.07) is 0.252. The Balaban J connectivity index is 2.13. The first-order valence-electron chi connectivity index (χ1n) is 4.93. The summed E-state index contributed by atoms with van der Waals surface area (Å²) in [7, 11) is 1.41. The van der Waals surface area contributed by atoms with E-state index in [1.54, 1.807) is 17.5 Å². The predicted molar refractivity (Wildman–Crippen MR) is 59.8 cm³/mol. The molecule has 1 heterocycles. The summed E-state index contributed by atoms with van der Waals surface area (Å²) in [6.45, 7) is 2.87. The Bertz CT molecular complexity index is 288. The van der Waals surface area contributed by atoms with E-state index in [0.29, 0.717) is 6.42 Å². The first-order valence-corrected chi connectivity index (χ1v) is 5.81. The summed E-state index contributed by atoms with van der Waals surface area (Å²) in [6.07, 6.45) is 3.06. The number of methoxy groups -OCH3 is 1. The van der Waals surface area contributed by atoms with Crippen molar-refractivity contribution >= 4 is 17.3 Å². The maximum atomic E-state index is 10.8. The fourth-order valence-corrected chi connectivity index (χ4v) is 1.86. The van der Waals surface area contributed by atoms with Crippen LogP contribution >= 0.6 is 11.3 Å². The van der Waals surface area contributed by atoms with Gasteiger partial charge in [0.05, 0.1) is 13.2 Å². The summed E-state index contributed by atoms with van der Waals surface area (Å²) >= 11 is 1.63. The number of carbonyl (C=O) groups excluding carboxylic acids is 1. The van der Waals surface area contributed by atoms with Crippen molar-refractivity contribution in [2.24, 2.45) is 0 Å². The van der Waals surface area contributed by atoms with Crippen LogP contribution in [0, 0.1) is 0 Å². The first kappa shape index (κ1) is 12.1. The van der Waals surface area contributed by atoms with E-state index >= 15 is 0 Å². The van der Waals surface area contributed by atoms with Crippen molar-refractivity contribution in [1.82, 2.24) is 10.3 Å². The van der Waals surface area contributed by atoms with E-state index in [1.165, 1.54) is 7.11 Å². The van der Waals surface area contributed by atoms with Crippen molar-refractivity contribution in [3.05, 3.63) is 16.6 Å². The summed E-state index contributed by atoms with van der Waals surface area (Å²) in [5.74, 6) is -0.154. The van der Waals surface area contributed by atoms with Crippen molar-refractivity contribution in [2.45, 2.75) is 25.8 Å². The van der Waals surface area contributed by atoms with E-state index in [9.17, 15) is 4.79 Å². The molecule has 0 aliphatic rings. The molecule has 15 heavy (non-hydrogen) atoms. The molecule has 0 amide bonds. The predicted octanol–water partition coefficient (Wildman–Crippen LogP) is 1.75. The SMILES string of the molecule is COC(=O)CCCN[C@@H](C)c1nccs1. The molecule has 1 atom stereocenters. The number of esters is 1. The van der Waals surface area contributed by atoms with E-state index in [-0.39, 0.29) is 12.0 Å². The highest BCUT2D eigenvalue weighted by Crippen LogP contribution is 2.14. The summed E-state index contributed by atoms with van der Waals surface area (Å²) in [4.78, 5) is 15.0. The van der Waals surface area contributed by atoms with Crippen LogP contribution < -0.4 is 5.32 Å². The minimum Gasteiger partial charge on any atom is -0.469 e. The van der Waals surface area contributed by atoms with Gasteiger partial charge in [0.2, 0.25) is 0 Å². The fourth-order valence-electron chi connectivity index (χ4n) is 1.19. The van der Waals surface area contributed by atoms with Crippen molar-refractivity contribution in [3.63, 3.8) is 0 Å².